The number of aromatic nitrogens is 1. The van der Waals surface area contributed by atoms with E-state index in [2.05, 4.69) is 16.9 Å². The number of ether oxygens (including phenoxy) is 1. The molecule has 1 aromatic carbocycles. The van der Waals surface area contributed by atoms with E-state index >= 15 is 0 Å². The summed E-state index contributed by atoms with van der Waals surface area (Å²) in [4.78, 5) is 27.8. The SMILES string of the molecule is C=C/C(=C\C=C(/C)Cl)C(=O)Nc1ccc(-c2cc(C)c(C=O)cc2OC)c(N)n1. The van der Waals surface area contributed by atoms with Crippen molar-refractivity contribution in [3.05, 3.63) is 70.8 Å². The number of allylic oxidation sites excluding steroid dienone is 3. The first-order valence-electron chi connectivity index (χ1n) is 8.69. The minimum Gasteiger partial charge on any atom is -0.496 e. The molecule has 29 heavy (non-hydrogen) atoms. The van der Waals surface area contributed by atoms with Crippen molar-refractivity contribution in [2.75, 3.05) is 18.2 Å². The highest BCUT2D eigenvalue weighted by Gasteiger charge is 2.15. The molecule has 0 unspecified atom stereocenters. The predicted molar refractivity (Wildman–Crippen MR) is 117 cm³/mol. The first kappa shape index (κ1) is 21.9. The van der Waals surface area contributed by atoms with Gasteiger partial charge in [0.15, 0.2) is 0 Å². The molecule has 0 aliphatic rings. The molecule has 3 N–H and O–H groups in total. The second-order valence-electron chi connectivity index (χ2n) is 6.19. The van der Waals surface area contributed by atoms with Crippen LogP contribution in [-0.4, -0.2) is 24.3 Å². The number of aryl methyl sites for hydroxylation is 1. The number of rotatable bonds is 7. The van der Waals surface area contributed by atoms with E-state index in [1.54, 1.807) is 37.3 Å². The van der Waals surface area contributed by atoms with Gasteiger partial charge < -0.3 is 15.8 Å². The number of carbonyl (C=O) groups is 2. The van der Waals surface area contributed by atoms with Gasteiger partial charge >= 0.3 is 0 Å². The van der Waals surface area contributed by atoms with Crippen LogP contribution in [0.25, 0.3) is 11.1 Å². The van der Waals surface area contributed by atoms with Crippen molar-refractivity contribution in [2.24, 2.45) is 0 Å². The summed E-state index contributed by atoms with van der Waals surface area (Å²) in [5.74, 6) is 0.608. The van der Waals surface area contributed by atoms with Gasteiger partial charge in [0.05, 0.1) is 7.11 Å². The van der Waals surface area contributed by atoms with Crippen LogP contribution in [0.1, 0.15) is 22.8 Å². The number of pyridine rings is 1. The van der Waals surface area contributed by atoms with Gasteiger partial charge in [0, 0.05) is 27.3 Å². The first-order valence-corrected chi connectivity index (χ1v) is 9.07. The number of benzene rings is 1. The van der Waals surface area contributed by atoms with E-state index < -0.39 is 5.91 Å². The lowest BCUT2D eigenvalue weighted by atomic mass is 9.99. The van der Waals surface area contributed by atoms with Gasteiger partial charge in [0.25, 0.3) is 5.91 Å². The molecule has 0 spiro atoms. The number of halogens is 1. The molecule has 0 saturated carbocycles. The number of aldehydes is 1. The number of carbonyl (C=O) groups excluding carboxylic acids is 2. The number of hydrogen-bond acceptors (Lipinski definition) is 5. The van der Waals surface area contributed by atoms with Crippen LogP contribution in [0.5, 0.6) is 5.75 Å². The summed E-state index contributed by atoms with van der Waals surface area (Å²) in [6.45, 7) is 7.16. The number of amides is 1. The van der Waals surface area contributed by atoms with Crippen LogP contribution < -0.4 is 15.8 Å². The lowest BCUT2D eigenvalue weighted by molar-refractivity contribution is -0.112. The van der Waals surface area contributed by atoms with Crippen LogP contribution in [-0.2, 0) is 4.79 Å². The fourth-order valence-corrected chi connectivity index (χ4v) is 2.67. The molecule has 7 heteroatoms. The molecule has 0 saturated heterocycles. The van der Waals surface area contributed by atoms with Gasteiger partial charge in [-0.1, -0.05) is 24.3 Å². The van der Waals surface area contributed by atoms with Crippen molar-refractivity contribution in [3.8, 4) is 16.9 Å². The molecule has 0 radical (unpaired) electrons. The Morgan fingerprint density at radius 3 is 2.55 bits per heavy atom. The molecule has 0 aliphatic heterocycles. The first-order chi connectivity index (χ1) is 13.8. The monoisotopic (exact) mass is 411 g/mol. The number of anilines is 2. The lowest BCUT2D eigenvalue weighted by Crippen LogP contribution is -2.14. The minimum atomic E-state index is -0.391. The van der Waals surface area contributed by atoms with E-state index in [0.29, 0.717) is 33.0 Å². The Morgan fingerprint density at radius 2 is 2.00 bits per heavy atom. The molecular weight excluding hydrogens is 390 g/mol. The summed E-state index contributed by atoms with van der Waals surface area (Å²) in [6, 6.07) is 6.83. The smallest absolute Gasteiger partial charge is 0.256 e. The van der Waals surface area contributed by atoms with E-state index in [1.807, 2.05) is 13.0 Å². The Hall–Kier alpha value is -3.38. The van der Waals surface area contributed by atoms with Gasteiger partial charge in [-0.2, -0.15) is 0 Å². The quantitative estimate of drug-likeness (QED) is 0.392. The average molecular weight is 412 g/mol. The summed E-state index contributed by atoms with van der Waals surface area (Å²) in [5, 5.41) is 3.21. The third-order valence-electron chi connectivity index (χ3n) is 4.15. The number of nitrogens with two attached hydrogens (primary N) is 1. The second-order valence-corrected chi connectivity index (χ2v) is 6.79. The molecule has 150 valence electrons. The highest BCUT2D eigenvalue weighted by atomic mass is 35.5. The molecule has 1 amide bonds. The van der Waals surface area contributed by atoms with Crippen LogP contribution in [0.4, 0.5) is 11.6 Å². The molecule has 0 fully saturated rings. The van der Waals surface area contributed by atoms with E-state index in [9.17, 15) is 9.59 Å². The van der Waals surface area contributed by atoms with Crippen LogP contribution in [0.3, 0.4) is 0 Å². The Bertz CT molecular complexity index is 1020. The summed E-state index contributed by atoms with van der Waals surface area (Å²) < 4.78 is 5.39. The fourth-order valence-electron chi connectivity index (χ4n) is 2.61. The molecule has 1 aromatic heterocycles. The maximum absolute atomic E-state index is 12.4. The van der Waals surface area contributed by atoms with E-state index in [1.165, 1.54) is 13.2 Å². The molecule has 6 nitrogen and oxygen atoms in total. The van der Waals surface area contributed by atoms with Crippen LogP contribution in [0.15, 0.2) is 59.7 Å². The Morgan fingerprint density at radius 1 is 1.28 bits per heavy atom. The Labute approximate surface area is 174 Å². The van der Waals surface area contributed by atoms with Crippen LogP contribution in [0.2, 0.25) is 0 Å². The van der Waals surface area contributed by atoms with Gasteiger partial charge in [0.1, 0.15) is 23.7 Å². The zero-order chi connectivity index (χ0) is 21.6. The second kappa shape index (κ2) is 9.71. The summed E-state index contributed by atoms with van der Waals surface area (Å²) in [6.07, 6.45) is 5.35. The third kappa shape index (κ3) is 5.33. The summed E-state index contributed by atoms with van der Waals surface area (Å²) >= 11 is 5.79. The van der Waals surface area contributed by atoms with Crippen LogP contribution >= 0.6 is 11.6 Å². The largest absolute Gasteiger partial charge is 0.496 e. The van der Waals surface area contributed by atoms with Crippen molar-refractivity contribution < 1.29 is 14.3 Å². The molecule has 0 atom stereocenters. The highest BCUT2D eigenvalue weighted by molar-refractivity contribution is 6.29. The zero-order valence-electron chi connectivity index (χ0n) is 16.5. The van der Waals surface area contributed by atoms with Gasteiger partial charge in [-0.25, -0.2) is 4.98 Å². The van der Waals surface area contributed by atoms with E-state index in [4.69, 9.17) is 22.1 Å². The number of nitrogens with zero attached hydrogens (tertiary/aromatic N) is 1. The summed E-state index contributed by atoms with van der Waals surface area (Å²) in [7, 11) is 1.51. The van der Waals surface area contributed by atoms with Gasteiger partial charge in [0.2, 0.25) is 0 Å². The predicted octanol–water partition coefficient (Wildman–Crippen LogP) is 4.65. The average Bonchev–Trinajstić information content (AvgIpc) is 2.68. The fraction of sp³-hybridized carbons (Fsp3) is 0.136. The number of nitrogens with one attached hydrogen (secondary N) is 1. The zero-order valence-corrected chi connectivity index (χ0v) is 17.2. The van der Waals surface area contributed by atoms with Crippen molar-refractivity contribution >= 4 is 35.4 Å². The molecular formula is C22H22ClN3O3. The Kier molecular flexibility index (Phi) is 7.33. The van der Waals surface area contributed by atoms with Crippen molar-refractivity contribution in [3.63, 3.8) is 0 Å². The number of nitrogen functional groups attached to an aromatic ring is 1. The van der Waals surface area contributed by atoms with Crippen LogP contribution in [0, 0.1) is 6.92 Å². The molecule has 2 rings (SSSR count). The Balaban J connectivity index is 2.36. The molecule has 0 bridgehead atoms. The molecule has 2 aromatic rings. The molecule has 1 heterocycles. The topological polar surface area (TPSA) is 94.3 Å². The number of methoxy groups -OCH3 is 1. The van der Waals surface area contributed by atoms with Gasteiger partial charge in [-0.05, 0) is 55.8 Å². The number of hydrogen-bond donors (Lipinski definition) is 2. The standard InChI is InChI=1S/C22H22ClN3O3/c1-5-15(7-6-14(3)23)22(28)26-20-9-8-17(21(24)25-20)18-10-13(2)16(12-27)11-19(18)29-4/h5-12H,1H2,2-4H3,(H3,24,25,26,28)/b14-6+,15-7+. The van der Waals surface area contributed by atoms with Crippen molar-refractivity contribution in [1.82, 2.24) is 4.98 Å². The maximum Gasteiger partial charge on any atom is 0.256 e. The highest BCUT2D eigenvalue weighted by Crippen LogP contribution is 2.35. The van der Waals surface area contributed by atoms with E-state index in [-0.39, 0.29) is 11.6 Å². The van der Waals surface area contributed by atoms with Crippen molar-refractivity contribution in [1.29, 1.82) is 0 Å². The van der Waals surface area contributed by atoms with Crippen molar-refractivity contribution in [2.45, 2.75) is 13.8 Å². The normalized spacial score (nSPS) is 11.7. The summed E-state index contributed by atoms with van der Waals surface area (Å²) in [5.41, 5.74) is 9.11. The lowest BCUT2D eigenvalue weighted by Gasteiger charge is -2.14. The van der Waals surface area contributed by atoms with Gasteiger partial charge in [-0.3, -0.25) is 9.59 Å². The van der Waals surface area contributed by atoms with E-state index in [0.717, 1.165) is 11.8 Å². The minimum absolute atomic E-state index is 0.208. The maximum atomic E-state index is 12.4. The third-order valence-corrected chi connectivity index (χ3v) is 4.27. The molecule has 0 aliphatic carbocycles. The van der Waals surface area contributed by atoms with Gasteiger partial charge in [-0.15, -0.1) is 0 Å².